The topological polar surface area (TPSA) is 58.6 Å². The SMILES string of the molecule is CC(C)(C)OC(=O)N[C@@H]1C[C@@H](O)[C@H](F)C1. The number of ether oxygens (including phenoxy) is 1. The fourth-order valence-corrected chi connectivity index (χ4v) is 1.56. The largest absolute Gasteiger partial charge is 0.444 e. The van der Waals surface area contributed by atoms with Crippen LogP contribution < -0.4 is 5.32 Å². The van der Waals surface area contributed by atoms with Crippen molar-refractivity contribution in [1.29, 1.82) is 0 Å². The van der Waals surface area contributed by atoms with E-state index in [2.05, 4.69) is 5.32 Å². The predicted molar refractivity (Wildman–Crippen MR) is 53.3 cm³/mol. The highest BCUT2D eigenvalue weighted by Gasteiger charge is 2.34. The van der Waals surface area contributed by atoms with Crippen LogP contribution in [-0.2, 0) is 4.74 Å². The smallest absolute Gasteiger partial charge is 0.407 e. The zero-order valence-corrected chi connectivity index (χ0v) is 9.29. The van der Waals surface area contributed by atoms with Crippen LogP contribution in [0.5, 0.6) is 0 Å². The molecule has 0 bridgehead atoms. The highest BCUT2D eigenvalue weighted by atomic mass is 19.1. The molecule has 1 rings (SSSR count). The third-order valence-corrected chi connectivity index (χ3v) is 2.17. The van der Waals surface area contributed by atoms with Gasteiger partial charge in [0.15, 0.2) is 0 Å². The molecule has 0 heterocycles. The van der Waals surface area contributed by atoms with E-state index < -0.39 is 24.0 Å². The van der Waals surface area contributed by atoms with Crippen LogP contribution in [0, 0.1) is 0 Å². The number of halogens is 1. The number of nitrogens with one attached hydrogen (secondary N) is 1. The summed E-state index contributed by atoms with van der Waals surface area (Å²) in [7, 11) is 0. The van der Waals surface area contributed by atoms with Gasteiger partial charge in [-0.05, 0) is 27.2 Å². The lowest BCUT2D eigenvalue weighted by Gasteiger charge is -2.21. The minimum atomic E-state index is -1.25. The van der Waals surface area contributed by atoms with Crippen molar-refractivity contribution in [2.45, 2.75) is 57.5 Å². The summed E-state index contributed by atoms with van der Waals surface area (Å²) in [6, 6.07) is -0.329. The molecule has 1 fully saturated rings. The van der Waals surface area contributed by atoms with Crippen LogP contribution in [0.1, 0.15) is 33.6 Å². The molecule has 15 heavy (non-hydrogen) atoms. The van der Waals surface area contributed by atoms with Gasteiger partial charge >= 0.3 is 6.09 Å². The number of alkyl halides is 1. The fraction of sp³-hybridized carbons (Fsp3) is 0.900. The molecule has 0 saturated heterocycles. The number of carbonyl (C=O) groups excluding carboxylic acids is 1. The van der Waals surface area contributed by atoms with Gasteiger partial charge in [0.25, 0.3) is 0 Å². The minimum absolute atomic E-state index is 0.153. The summed E-state index contributed by atoms with van der Waals surface area (Å²) >= 11 is 0. The maximum Gasteiger partial charge on any atom is 0.407 e. The lowest BCUT2D eigenvalue weighted by molar-refractivity contribution is 0.0502. The Hall–Kier alpha value is -0.840. The summed E-state index contributed by atoms with van der Waals surface area (Å²) in [4.78, 5) is 11.3. The van der Waals surface area contributed by atoms with Gasteiger partial charge in [0.05, 0.1) is 6.10 Å². The molecule has 0 aromatic rings. The summed E-state index contributed by atoms with van der Waals surface area (Å²) < 4.78 is 17.9. The first-order valence-corrected chi connectivity index (χ1v) is 5.09. The van der Waals surface area contributed by atoms with Crippen molar-refractivity contribution in [3.63, 3.8) is 0 Å². The minimum Gasteiger partial charge on any atom is -0.444 e. The number of hydrogen-bond donors (Lipinski definition) is 2. The highest BCUT2D eigenvalue weighted by molar-refractivity contribution is 5.68. The van der Waals surface area contributed by atoms with Crippen LogP contribution >= 0.6 is 0 Å². The van der Waals surface area contributed by atoms with E-state index >= 15 is 0 Å². The number of aliphatic hydroxyl groups is 1. The number of aliphatic hydroxyl groups excluding tert-OH is 1. The monoisotopic (exact) mass is 219 g/mol. The van der Waals surface area contributed by atoms with E-state index in [0.717, 1.165) is 0 Å². The van der Waals surface area contributed by atoms with Crippen molar-refractivity contribution < 1.29 is 19.0 Å². The molecule has 1 aliphatic rings. The number of carbonyl (C=O) groups is 1. The molecule has 0 aromatic heterocycles. The van der Waals surface area contributed by atoms with Crippen LogP contribution in [0.2, 0.25) is 0 Å². The van der Waals surface area contributed by atoms with Gasteiger partial charge in [-0.1, -0.05) is 0 Å². The molecular weight excluding hydrogens is 201 g/mol. The van der Waals surface area contributed by atoms with Gasteiger partial charge in [0.1, 0.15) is 11.8 Å². The van der Waals surface area contributed by atoms with Crippen LogP contribution in [0.25, 0.3) is 0 Å². The third kappa shape index (κ3) is 4.03. The van der Waals surface area contributed by atoms with Crippen molar-refractivity contribution in [2.75, 3.05) is 0 Å². The van der Waals surface area contributed by atoms with Gasteiger partial charge in [0.2, 0.25) is 0 Å². The van der Waals surface area contributed by atoms with Crippen LogP contribution in [-0.4, -0.2) is 35.1 Å². The second-order valence-corrected chi connectivity index (χ2v) is 4.90. The first-order valence-electron chi connectivity index (χ1n) is 5.09. The zero-order chi connectivity index (χ0) is 11.6. The van der Waals surface area contributed by atoms with E-state index in [-0.39, 0.29) is 18.9 Å². The molecule has 0 aliphatic heterocycles. The molecule has 2 N–H and O–H groups in total. The first kappa shape index (κ1) is 12.2. The molecular formula is C10H18FNO3. The second-order valence-electron chi connectivity index (χ2n) is 4.90. The van der Waals surface area contributed by atoms with E-state index in [0.29, 0.717) is 0 Å². The Morgan fingerprint density at radius 1 is 1.47 bits per heavy atom. The molecule has 1 aliphatic carbocycles. The average Bonchev–Trinajstić information content (AvgIpc) is 2.26. The number of hydrogen-bond acceptors (Lipinski definition) is 3. The maximum atomic E-state index is 12.9. The van der Waals surface area contributed by atoms with E-state index in [9.17, 15) is 9.18 Å². The number of rotatable bonds is 1. The van der Waals surface area contributed by atoms with E-state index in [1.54, 1.807) is 20.8 Å². The second kappa shape index (κ2) is 4.35. The van der Waals surface area contributed by atoms with E-state index in [4.69, 9.17) is 9.84 Å². The summed E-state index contributed by atoms with van der Waals surface area (Å²) in [5.41, 5.74) is -0.559. The molecule has 1 saturated carbocycles. The first-order chi connectivity index (χ1) is 6.78. The molecule has 88 valence electrons. The molecule has 4 nitrogen and oxygen atoms in total. The van der Waals surface area contributed by atoms with Gasteiger partial charge in [-0.2, -0.15) is 0 Å². The molecule has 5 heteroatoms. The van der Waals surface area contributed by atoms with Crippen LogP contribution in [0.15, 0.2) is 0 Å². The number of alkyl carbamates (subject to hydrolysis) is 1. The average molecular weight is 219 g/mol. The molecule has 0 spiro atoms. The molecule has 0 radical (unpaired) electrons. The summed E-state index contributed by atoms with van der Waals surface area (Å²) in [6.45, 7) is 5.27. The highest BCUT2D eigenvalue weighted by Crippen LogP contribution is 2.22. The van der Waals surface area contributed by atoms with Crippen molar-refractivity contribution >= 4 is 6.09 Å². The van der Waals surface area contributed by atoms with Gasteiger partial charge in [-0.25, -0.2) is 9.18 Å². The normalized spacial score (nSPS) is 31.4. The molecule has 1 amide bonds. The summed E-state index contributed by atoms with van der Waals surface area (Å²) in [5, 5.41) is 11.7. The lowest BCUT2D eigenvalue weighted by Crippen LogP contribution is -2.38. The van der Waals surface area contributed by atoms with Crippen molar-refractivity contribution in [3.8, 4) is 0 Å². The van der Waals surface area contributed by atoms with Gasteiger partial charge in [-0.15, -0.1) is 0 Å². The van der Waals surface area contributed by atoms with E-state index in [1.807, 2.05) is 0 Å². The Morgan fingerprint density at radius 3 is 2.47 bits per heavy atom. The zero-order valence-electron chi connectivity index (χ0n) is 9.29. The van der Waals surface area contributed by atoms with Crippen LogP contribution in [0.3, 0.4) is 0 Å². The molecule has 0 aromatic carbocycles. The Bertz CT molecular complexity index is 229. The quantitative estimate of drug-likeness (QED) is 0.700. The molecule has 0 unspecified atom stereocenters. The standard InChI is InChI=1S/C10H18FNO3/c1-10(2,3)15-9(14)12-6-4-7(11)8(13)5-6/h6-8,13H,4-5H2,1-3H3,(H,12,14)/t6-,7+,8+/m0/s1. The Balaban J connectivity index is 2.34. The van der Waals surface area contributed by atoms with Crippen molar-refractivity contribution in [2.24, 2.45) is 0 Å². The van der Waals surface area contributed by atoms with Crippen molar-refractivity contribution in [1.82, 2.24) is 5.32 Å². The Kier molecular flexibility index (Phi) is 3.54. The maximum absolute atomic E-state index is 12.9. The molecule has 3 atom stereocenters. The Labute approximate surface area is 88.8 Å². The lowest BCUT2D eigenvalue weighted by atomic mass is 10.2. The van der Waals surface area contributed by atoms with Gasteiger partial charge in [-0.3, -0.25) is 0 Å². The van der Waals surface area contributed by atoms with Gasteiger partial charge in [0, 0.05) is 12.5 Å². The fourth-order valence-electron chi connectivity index (χ4n) is 1.56. The summed E-state index contributed by atoms with van der Waals surface area (Å²) in [6.07, 6.45) is -2.37. The number of amides is 1. The predicted octanol–water partition coefficient (Wildman–Crippen LogP) is 1.37. The van der Waals surface area contributed by atoms with Gasteiger partial charge < -0.3 is 15.2 Å². The third-order valence-electron chi connectivity index (χ3n) is 2.17. The van der Waals surface area contributed by atoms with Crippen molar-refractivity contribution in [3.05, 3.63) is 0 Å². The van der Waals surface area contributed by atoms with E-state index in [1.165, 1.54) is 0 Å². The summed E-state index contributed by atoms with van der Waals surface area (Å²) in [5.74, 6) is 0. The van der Waals surface area contributed by atoms with Crippen LogP contribution in [0.4, 0.5) is 9.18 Å². The Morgan fingerprint density at radius 2 is 2.07 bits per heavy atom.